The number of benzene rings is 2. The van der Waals surface area contributed by atoms with E-state index in [0.717, 1.165) is 11.1 Å². The normalized spacial score (nSPS) is 28.9. The number of rotatable bonds is 5. The minimum atomic E-state index is -1.52. The largest absolute Gasteiger partial charge is 0.512 e. The molecule has 5 atom stereocenters. The van der Waals surface area contributed by atoms with Crippen molar-refractivity contribution in [1.29, 1.82) is 0 Å². The first kappa shape index (κ1) is 21.9. The lowest BCUT2D eigenvalue weighted by atomic mass is 9.91. The number of esters is 1. The zero-order valence-corrected chi connectivity index (χ0v) is 17.1. The number of aliphatic hydroxyl groups is 4. The Kier molecular flexibility index (Phi) is 6.22. The molecule has 2 aromatic carbocycles. The van der Waals surface area contributed by atoms with Crippen LogP contribution in [0.4, 0.5) is 5.69 Å². The topological polar surface area (TPSA) is 152 Å². The number of nitrogens with two attached hydrogens (primary N) is 1. The summed E-state index contributed by atoms with van der Waals surface area (Å²) in [6.07, 6.45) is -4.44. The number of hydrogen-bond donors (Lipinski definition) is 5. The standard InChI is InChI=1S/C23H25NO8/c24-16-6-3-13(22-21(28)20(27)19(26)18(11-25)32-22)10-14(16)9-12-1-4-15(5-2-12)31-17-7-8-30-23(17)29/h1-6,10-11,17,19-22,25-28H,7-9,24H2/b18-11+/t17?,19-,20+,21-,22+/m1/s1. The predicted octanol–water partition coefficient (Wildman–Crippen LogP) is 1.11. The van der Waals surface area contributed by atoms with Crippen molar-refractivity contribution in [2.45, 2.75) is 43.4 Å². The number of ether oxygens (including phenoxy) is 3. The number of carbonyl (C=O) groups is 1. The average molecular weight is 443 g/mol. The van der Waals surface area contributed by atoms with E-state index in [1.165, 1.54) is 0 Å². The molecule has 9 heteroatoms. The Balaban J connectivity index is 1.50. The number of anilines is 1. The molecular weight excluding hydrogens is 418 g/mol. The van der Waals surface area contributed by atoms with Gasteiger partial charge in [-0.3, -0.25) is 0 Å². The van der Waals surface area contributed by atoms with Crippen molar-refractivity contribution in [2.24, 2.45) is 0 Å². The zero-order valence-electron chi connectivity index (χ0n) is 17.1. The molecule has 170 valence electrons. The molecule has 9 nitrogen and oxygen atoms in total. The lowest BCUT2D eigenvalue weighted by molar-refractivity contribution is -0.159. The first-order chi connectivity index (χ1) is 15.4. The van der Waals surface area contributed by atoms with Crippen molar-refractivity contribution < 1.29 is 39.4 Å². The smallest absolute Gasteiger partial charge is 0.347 e. The molecule has 2 aliphatic rings. The highest BCUT2D eigenvalue weighted by Crippen LogP contribution is 2.35. The summed E-state index contributed by atoms with van der Waals surface area (Å²) in [5.74, 6) is -0.0237. The van der Waals surface area contributed by atoms with Crippen LogP contribution in [-0.4, -0.2) is 57.4 Å². The van der Waals surface area contributed by atoms with Crippen molar-refractivity contribution >= 4 is 11.7 Å². The molecule has 0 amide bonds. The number of carbonyl (C=O) groups excluding carboxylic acids is 1. The molecule has 2 aromatic rings. The van der Waals surface area contributed by atoms with E-state index in [0.29, 0.717) is 42.7 Å². The van der Waals surface area contributed by atoms with Gasteiger partial charge in [0.25, 0.3) is 0 Å². The Labute approximate surface area is 184 Å². The van der Waals surface area contributed by atoms with Gasteiger partial charge in [-0.25, -0.2) is 4.79 Å². The van der Waals surface area contributed by atoms with Gasteiger partial charge in [-0.2, -0.15) is 0 Å². The van der Waals surface area contributed by atoms with E-state index in [1.54, 1.807) is 30.3 Å². The quantitative estimate of drug-likeness (QED) is 0.260. The van der Waals surface area contributed by atoms with Gasteiger partial charge in [0, 0.05) is 12.1 Å². The van der Waals surface area contributed by atoms with Crippen molar-refractivity contribution in [3.63, 3.8) is 0 Å². The van der Waals surface area contributed by atoms with Gasteiger partial charge in [0.15, 0.2) is 18.0 Å². The Bertz CT molecular complexity index is 1010. The summed E-state index contributed by atoms with van der Waals surface area (Å²) in [4.78, 5) is 11.6. The lowest BCUT2D eigenvalue weighted by Gasteiger charge is -2.37. The van der Waals surface area contributed by atoms with Gasteiger partial charge >= 0.3 is 5.97 Å². The van der Waals surface area contributed by atoms with Gasteiger partial charge in [-0.05, 0) is 47.4 Å². The highest BCUT2D eigenvalue weighted by atomic mass is 16.6. The van der Waals surface area contributed by atoms with Gasteiger partial charge in [-0.15, -0.1) is 0 Å². The highest BCUT2D eigenvalue weighted by molar-refractivity contribution is 5.76. The van der Waals surface area contributed by atoms with Crippen molar-refractivity contribution in [3.05, 3.63) is 71.2 Å². The summed E-state index contributed by atoms with van der Waals surface area (Å²) in [7, 11) is 0. The van der Waals surface area contributed by atoms with E-state index in [4.69, 9.17) is 19.9 Å². The zero-order chi connectivity index (χ0) is 22.8. The molecule has 2 saturated heterocycles. The molecule has 2 fully saturated rings. The van der Waals surface area contributed by atoms with E-state index in [2.05, 4.69) is 0 Å². The Morgan fingerprint density at radius 1 is 1.09 bits per heavy atom. The van der Waals surface area contributed by atoms with Crippen molar-refractivity contribution in [3.8, 4) is 5.75 Å². The monoisotopic (exact) mass is 443 g/mol. The van der Waals surface area contributed by atoms with Crippen LogP contribution in [-0.2, 0) is 20.7 Å². The Morgan fingerprint density at radius 3 is 2.50 bits per heavy atom. The fourth-order valence-corrected chi connectivity index (χ4v) is 3.80. The highest BCUT2D eigenvalue weighted by Gasteiger charge is 2.42. The van der Waals surface area contributed by atoms with E-state index >= 15 is 0 Å². The lowest BCUT2D eigenvalue weighted by Crippen LogP contribution is -2.47. The molecule has 0 radical (unpaired) electrons. The molecule has 6 N–H and O–H groups in total. The fraction of sp³-hybridized carbons (Fsp3) is 0.348. The second-order valence-electron chi connectivity index (χ2n) is 7.84. The average Bonchev–Trinajstić information content (AvgIpc) is 3.19. The maximum Gasteiger partial charge on any atom is 0.347 e. The first-order valence-electron chi connectivity index (χ1n) is 10.2. The summed E-state index contributed by atoms with van der Waals surface area (Å²) in [6.45, 7) is 0.363. The summed E-state index contributed by atoms with van der Waals surface area (Å²) in [5, 5.41) is 39.6. The summed E-state index contributed by atoms with van der Waals surface area (Å²) >= 11 is 0. The van der Waals surface area contributed by atoms with Crippen LogP contribution in [0.1, 0.15) is 29.2 Å². The third-order valence-electron chi connectivity index (χ3n) is 5.64. The molecule has 2 heterocycles. The van der Waals surface area contributed by atoms with Crippen LogP contribution >= 0.6 is 0 Å². The number of hydrogen-bond acceptors (Lipinski definition) is 9. The SMILES string of the molecule is Nc1ccc([C@@H]2O/C(=C/O)[C@@H](O)[C@H](O)[C@H]2O)cc1Cc1ccc(OC2CCOC2=O)cc1. The van der Waals surface area contributed by atoms with Gasteiger partial charge in [-0.1, -0.05) is 18.2 Å². The second-order valence-corrected chi connectivity index (χ2v) is 7.84. The van der Waals surface area contributed by atoms with Crippen LogP contribution in [0.15, 0.2) is 54.5 Å². The first-order valence-corrected chi connectivity index (χ1v) is 10.2. The van der Waals surface area contributed by atoms with E-state index in [9.17, 15) is 25.2 Å². The Morgan fingerprint density at radius 2 is 1.84 bits per heavy atom. The number of cyclic esters (lactones) is 1. The molecular formula is C23H25NO8. The van der Waals surface area contributed by atoms with E-state index in [-0.39, 0.29) is 11.7 Å². The van der Waals surface area contributed by atoms with Gasteiger partial charge in [0.2, 0.25) is 0 Å². The van der Waals surface area contributed by atoms with Crippen LogP contribution in [0.5, 0.6) is 5.75 Å². The maximum absolute atomic E-state index is 11.6. The van der Waals surface area contributed by atoms with Gasteiger partial charge in [0.1, 0.15) is 30.3 Å². The second kappa shape index (κ2) is 9.07. The van der Waals surface area contributed by atoms with E-state index < -0.39 is 30.5 Å². The minimum Gasteiger partial charge on any atom is -0.512 e. The van der Waals surface area contributed by atoms with E-state index in [1.807, 2.05) is 12.1 Å². The van der Waals surface area contributed by atoms with Gasteiger partial charge < -0.3 is 40.4 Å². The van der Waals surface area contributed by atoms with Crippen LogP contribution in [0, 0.1) is 0 Å². The molecule has 0 saturated carbocycles. The van der Waals surface area contributed by atoms with Gasteiger partial charge in [0.05, 0.1) is 6.61 Å². The summed E-state index contributed by atoms with van der Waals surface area (Å²) < 4.78 is 16.1. The van der Waals surface area contributed by atoms with Crippen LogP contribution in [0.3, 0.4) is 0 Å². The third kappa shape index (κ3) is 4.36. The maximum atomic E-state index is 11.6. The van der Waals surface area contributed by atoms with Crippen molar-refractivity contribution in [2.75, 3.05) is 12.3 Å². The molecule has 0 aliphatic carbocycles. The molecule has 32 heavy (non-hydrogen) atoms. The number of nitrogen functional groups attached to an aromatic ring is 1. The van der Waals surface area contributed by atoms with Crippen LogP contribution in [0.25, 0.3) is 0 Å². The van der Waals surface area contributed by atoms with Crippen LogP contribution in [0.2, 0.25) is 0 Å². The molecule has 4 rings (SSSR count). The van der Waals surface area contributed by atoms with Crippen LogP contribution < -0.4 is 10.5 Å². The summed E-state index contributed by atoms with van der Waals surface area (Å²) in [6, 6.07) is 12.3. The molecule has 0 aromatic heterocycles. The number of aliphatic hydroxyl groups excluding tert-OH is 4. The molecule has 2 aliphatic heterocycles. The molecule has 1 unspecified atom stereocenters. The fourth-order valence-electron chi connectivity index (χ4n) is 3.80. The molecule has 0 bridgehead atoms. The van der Waals surface area contributed by atoms with Crippen molar-refractivity contribution in [1.82, 2.24) is 0 Å². The molecule has 0 spiro atoms. The third-order valence-corrected chi connectivity index (χ3v) is 5.64. The predicted molar refractivity (Wildman–Crippen MR) is 113 cm³/mol. The summed E-state index contributed by atoms with van der Waals surface area (Å²) in [5.41, 5.74) is 8.91. The minimum absolute atomic E-state index is 0.229. The Hall–Kier alpha value is -3.27.